The summed E-state index contributed by atoms with van der Waals surface area (Å²) in [5, 5.41) is 6.47. The average Bonchev–Trinajstić information content (AvgIpc) is 2.39. The Kier molecular flexibility index (Phi) is 5.03. The molecule has 0 saturated heterocycles. The summed E-state index contributed by atoms with van der Waals surface area (Å²) >= 11 is 0. The van der Waals surface area contributed by atoms with Crippen molar-refractivity contribution in [2.45, 2.75) is 52.4 Å². The Labute approximate surface area is 117 Å². The van der Waals surface area contributed by atoms with E-state index in [0.717, 1.165) is 38.9 Å². The largest absolute Gasteiger partial charge is 0.356 e. The molecule has 1 aliphatic carbocycles. The summed E-state index contributed by atoms with van der Waals surface area (Å²) in [6.07, 6.45) is 9.13. The van der Waals surface area contributed by atoms with Gasteiger partial charge >= 0.3 is 0 Å². The first-order valence-electron chi connectivity index (χ1n) is 7.76. The Hall–Kier alpha value is -0.830. The van der Waals surface area contributed by atoms with Gasteiger partial charge in [-0.2, -0.15) is 0 Å². The highest BCUT2D eigenvalue weighted by molar-refractivity contribution is 5.79. The summed E-state index contributed by atoms with van der Waals surface area (Å²) < 4.78 is 0. The van der Waals surface area contributed by atoms with E-state index in [1.807, 2.05) is 0 Å². The lowest BCUT2D eigenvalue weighted by Crippen LogP contribution is -2.41. The number of hydrogen-bond acceptors (Lipinski definition) is 2. The van der Waals surface area contributed by atoms with Crippen LogP contribution in [0.1, 0.15) is 52.4 Å². The van der Waals surface area contributed by atoms with Crippen LogP contribution in [0, 0.1) is 11.3 Å². The second-order valence-electron chi connectivity index (χ2n) is 6.64. The second-order valence-corrected chi connectivity index (χ2v) is 6.64. The van der Waals surface area contributed by atoms with Crippen LogP contribution in [0.5, 0.6) is 0 Å². The number of carbonyl (C=O) groups excluding carboxylic acids is 1. The molecule has 1 saturated carbocycles. The van der Waals surface area contributed by atoms with E-state index in [1.165, 1.54) is 24.8 Å². The van der Waals surface area contributed by atoms with Gasteiger partial charge in [-0.3, -0.25) is 4.79 Å². The first-order chi connectivity index (χ1) is 9.09. The highest BCUT2D eigenvalue weighted by Crippen LogP contribution is 2.40. The summed E-state index contributed by atoms with van der Waals surface area (Å²) in [6, 6.07) is 0. The van der Waals surface area contributed by atoms with E-state index in [4.69, 9.17) is 0 Å². The number of rotatable bonds is 4. The first kappa shape index (κ1) is 14.6. The van der Waals surface area contributed by atoms with Gasteiger partial charge in [0.15, 0.2) is 0 Å². The van der Waals surface area contributed by atoms with Crippen molar-refractivity contribution in [2.24, 2.45) is 11.3 Å². The minimum Gasteiger partial charge on any atom is -0.356 e. The van der Waals surface area contributed by atoms with Crippen molar-refractivity contribution in [2.75, 3.05) is 19.6 Å². The van der Waals surface area contributed by atoms with Crippen molar-refractivity contribution in [1.82, 2.24) is 10.6 Å². The van der Waals surface area contributed by atoms with Crippen molar-refractivity contribution in [1.29, 1.82) is 0 Å². The molecule has 1 atom stereocenters. The van der Waals surface area contributed by atoms with E-state index in [-0.39, 0.29) is 17.2 Å². The van der Waals surface area contributed by atoms with Gasteiger partial charge in [0, 0.05) is 19.0 Å². The SMILES string of the molecule is CC1(C)CCCCC1C(=O)NCCC1=CCNCC1. The predicted octanol–water partition coefficient (Wildman–Crippen LogP) is 2.63. The summed E-state index contributed by atoms with van der Waals surface area (Å²) in [6.45, 7) is 7.35. The normalized spacial score (nSPS) is 26.6. The lowest BCUT2D eigenvalue weighted by Gasteiger charge is -2.37. The highest BCUT2D eigenvalue weighted by atomic mass is 16.1. The van der Waals surface area contributed by atoms with E-state index in [9.17, 15) is 4.79 Å². The van der Waals surface area contributed by atoms with Gasteiger partial charge in [0.1, 0.15) is 0 Å². The monoisotopic (exact) mass is 264 g/mol. The van der Waals surface area contributed by atoms with Crippen molar-refractivity contribution in [3.8, 4) is 0 Å². The van der Waals surface area contributed by atoms with Crippen LogP contribution in [0.2, 0.25) is 0 Å². The Morgan fingerprint density at radius 3 is 3.00 bits per heavy atom. The molecule has 3 heteroatoms. The lowest BCUT2D eigenvalue weighted by molar-refractivity contribution is -0.130. The third-order valence-corrected chi connectivity index (χ3v) is 4.73. The van der Waals surface area contributed by atoms with Gasteiger partial charge in [-0.25, -0.2) is 0 Å². The van der Waals surface area contributed by atoms with Gasteiger partial charge in [0.05, 0.1) is 0 Å². The molecule has 0 bridgehead atoms. The minimum atomic E-state index is 0.177. The van der Waals surface area contributed by atoms with Crippen LogP contribution in [0.3, 0.4) is 0 Å². The van der Waals surface area contributed by atoms with Gasteiger partial charge < -0.3 is 10.6 Å². The van der Waals surface area contributed by atoms with E-state index in [1.54, 1.807) is 0 Å². The van der Waals surface area contributed by atoms with Gasteiger partial charge in [-0.15, -0.1) is 0 Å². The fraction of sp³-hybridized carbons (Fsp3) is 0.812. The standard InChI is InChI=1S/C16H28N2O/c1-16(2)9-4-3-5-14(16)15(19)18-12-8-13-6-10-17-11-7-13/h6,14,17H,3-5,7-12H2,1-2H3,(H,18,19). The summed E-state index contributed by atoms with van der Waals surface area (Å²) in [7, 11) is 0. The van der Waals surface area contributed by atoms with Gasteiger partial charge in [0.25, 0.3) is 0 Å². The molecule has 3 nitrogen and oxygen atoms in total. The maximum atomic E-state index is 12.3. The zero-order chi connectivity index (χ0) is 13.7. The Balaban J connectivity index is 1.75. The average molecular weight is 264 g/mol. The maximum absolute atomic E-state index is 12.3. The Morgan fingerprint density at radius 1 is 1.47 bits per heavy atom. The molecule has 0 aromatic heterocycles. The van der Waals surface area contributed by atoms with Crippen LogP contribution in [-0.2, 0) is 4.79 Å². The van der Waals surface area contributed by atoms with Crippen LogP contribution < -0.4 is 10.6 Å². The van der Waals surface area contributed by atoms with Crippen LogP contribution in [0.15, 0.2) is 11.6 Å². The molecule has 1 fully saturated rings. The molecule has 2 N–H and O–H groups in total. The smallest absolute Gasteiger partial charge is 0.223 e. The minimum absolute atomic E-state index is 0.177. The summed E-state index contributed by atoms with van der Waals surface area (Å²) in [5.41, 5.74) is 1.66. The Morgan fingerprint density at radius 2 is 2.32 bits per heavy atom. The van der Waals surface area contributed by atoms with Gasteiger partial charge in [-0.1, -0.05) is 38.3 Å². The summed E-state index contributed by atoms with van der Waals surface area (Å²) in [4.78, 5) is 12.3. The zero-order valence-electron chi connectivity index (χ0n) is 12.4. The molecule has 0 radical (unpaired) electrons. The van der Waals surface area contributed by atoms with Crippen LogP contribution in [0.25, 0.3) is 0 Å². The third-order valence-electron chi connectivity index (χ3n) is 4.73. The predicted molar refractivity (Wildman–Crippen MR) is 78.9 cm³/mol. The molecule has 1 aliphatic heterocycles. The van der Waals surface area contributed by atoms with E-state index in [0.29, 0.717) is 0 Å². The molecule has 0 spiro atoms. The third kappa shape index (κ3) is 4.07. The van der Waals surface area contributed by atoms with Crippen LogP contribution in [0.4, 0.5) is 0 Å². The fourth-order valence-electron chi connectivity index (χ4n) is 3.35. The van der Waals surface area contributed by atoms with E-state index in [2.05, 4.69) is 30.6 Å². The van der Waals surface area contributed by atoms with E-state index >= 15 is 0 Å². The number of nitrogens with one attached hydrogen (secondary N) is 2. The molecule has 0 aromatic rings. The highest BCUT2D eigenvalue weighted by Gasteiger charge is 2.36. The van der Waals surface area contributed by atoms with Crippen molar-refractivity contribution in [3.05, 3.63) is 11.6 Å². The molecule has 1 amide bonds. The lowest BCUT2D eigenvalue weighted by atomic mass is 9.68. The zero-order valence-corrected chi connectivity index (χ0v) is 12.4. The van der Waals surface area contributed by atoms with Crippen molar-refractivity contribution in [3.63, 3.8) is 0 Å². The maximum Gasteiger partial charge on any atom is 0.223 e. The van der Waals surface area contributed by atoms with Crippen LogP contribution in [-0.4, -0.2) is 25.5 Å². The molecule has 19 heavy (non-hydrogen) atoms. The molecule has 2 rings (SSSR count). The van der Waals surface area contributed by atoms with Crippen LogP contribution >= 0.6 is 0 Å². The Bertz CT molecular complexity index is 347. The quantitative estimate of drug-likeness (QED) is 0.766. The number of hydrogen-bond donors (Lipinski definition) is 2. The van der Waals surface area contributed by atoms with Crippen molar-refractivity contribution >= 4 is 5.91 Å². The topological polar surface area (TPSA) is 41.1 Å². The number of amides is 1. The molecular weight excluding hydrogens is 236 g/mol. The van der Waals surface area contributed by atoms with Gasteiger partial charge in [0.2, 0.25) is 5.91 Å². The molecular formula is C16H28N2O. The molecule has 2 aliphatic rings. The molecule has 0 aromatic carbocycles. The molecule has 1 unspecified atom stereocenters. The fourth-order valence-corrected chi connectivity index (χ4v) is 3.35. The summed E-state index contributed by atoms with van der Waals surface area (Å²) in [5.74, 6) is 0.488. The number of carbonyl (C=O) groups is 1. The second kappa shape index (κ2) is 6.56. The first-order valence-corrected chi connectivity index (χ1v) is 7.76. The van der Waals surface area contributed by atoms with E-state index < -0.39 is 0 Å². The molecule has 108 valence electrons. The molecule has 1 heterocycles. The van der Waals surface area contributed by atoms with Crippen molar-refractivity contribution < 1.29 is 4.79 Å². The van der Waals surface area contributed by atoms with Gasteiger partial charge in [-0.05, 0) is 37.6 Å².